The Morgan fingerprint density at radius 1 is 1.06 bits per heavy atom. The van der Waals surface area contributed by atoms with Crippen molar-refractivity contribution in [3.63, 3.8) is 0 Å². The van der Waals surface area contributed by atoms with Crippen LogP contribution in [0.1, 0.15) is 31.9 Å². The summed E-state index contributed by atoms with van der Waals surface area (Å²) in [4.78, 5) is 2.40. The Hall–Kier alpha value is -1.02. The zero-order valence-electron chi connectivity index (χ0n) is 10.8. The van der Waals surface area contributed by atoms with Crippen molar-refractivity contribution in [1.82, 2.24) is 0 Å². The molecule has 1 aromatic rings. The van der Waals surface area contributed by atoms with Gasteiger partial charge in [0, 0.05) is 25.3 Å². The zero-order chi connectivity index (χ0) is 12.0. The molecule has 2 nitrogen and oxygen atoms in total. The van der Waals surface area contributed by atoms with Gasteiger partial charge >= 0.3 is 0 Å². The molecule has 0 aromatic heterocycles. The molecular weight excluding hydrogens is 196 g/mol. The Labute approximate surface area is 99.5 Å². The molecule has 0 aliphatic carbocycles. The first-order valence-electron chi connectivity index (χ1n) is 6.34. The van der Waals surface area contributed by atoms with E-state index in [1.807, 2.05) is 0 Å². The quantitative estimate of drug-likeness (QED) is 0.798. The lowest BCUT2D eigenvalue weighted by molar-refractivity contribution is 0.802. The summed E-state index contributed by atoms with van der Waals surface area (Å²) in [5.74, 6) is 0. The summed E-state index contributed by atoms with van der Waals surface area (Å²) >= 11 is 0. The largest absolute Gasteiger partial charge is 0.370 e. The van der Waals surface area contributed by atoms with Crippen molar-refractivity contribution in [1.29, 1.82) is 0 Å². The predicted molar refractivity (Wildman–Crippen MR) is 72.1 cm³/mol. The van der Waals surface area contributed by atoms with Gasteiger partial charge in [-0.3, -0.25) is 0 Å². The minimum Gasteiger partial charge on any atom is -0.370 e. The molecule has 0 bridgehead atoms. The topological polar surface area (TPSA) is 29.3 Å². The molecule has 0 unspecified atom stereocenters. The van der Waals surface area contributed by atoms with Crippen molar-refractivity contribution >= 4 is 5.69 Å². The van der Waals surface area contributed by atoms with Crippen molar-refractivity contribution in [2.24, 2.45) is 5.73 Å². The molecule has 0 aliphatic heterocycles. The number of hydrogen-bond donors (Lipinski definition) is 1. The smallest absolute Gasteiger partial charge is 0.0431 e. The number of hydrogen-bond acceptors (Lipinski definition) is 2. The number of anilines is 1. The molecular formula is C14H24N2. The van der Waals surface area contributed by atoms with Crippen LogP contribution in [0.15, 0.2) is 18.2 Å². The lowest BCUT2D eigenvalue weighted by atomic mass is 10.0. The second-order valence-corrected chi connectivity index (χ2v) is 4.00. The van der Waals surface area contributed by atoms with E-state index in [-0.39, 0.29) is 0 Å². The molecule has 0 radical (unpaired) electrons. The highest BCUT2D eigenvalue weighted by molar-refractivity contribution is 5.60. The highest BCUT2D eigenvalue weighted by Crippen LogP contribution is 2.26. The van der Waals surface area contributed by atoms with E-state index in [4.69, 9.17) is 5.73 Å². The van der Waals surface area contributed by atoms with E-state index in [0.717, 1.165) is 32.5 Å². The second kappa shape index (κ2) is 6.54. The third kappa shape index (κ3) is 2.76. The third-order valence-corrected chi connectivity index (χ3v) is 3.06. The molecule has 2 N–H and O–H groups in total. The van der Waals surface area contributed by atoms with Gasteiger partial charge in [-0.25, -0.2) is 0 Å². The lowest BCUT2D eigenvalue weighted by Gasteiger charge is -2.27. The fourth-order valence-electron chi connectivity index (χ4n) is 2.21. The summed E-state index contributed by atoms with van der Waals surface area (Å²) < 4.78 is 0. The Kier molecular flexibility index (Phi) is 5.33. The molecule has 2 heteroatoms. The summed E-state index contributed by atoms with van der Waals surface area (Å²) in [6.45, 7) is 9.32. The SMILES string of the molecule is CCc1cccc(CC)c1N(CC)CCN. The van der Waals surface area contributed by atoms with Crippen molar-refractivity contribution in [2.75, 3.05) is 24.5 Å². The van der Waals surface area contributed by atoms with Gasteiger partial charge in [0.25, 0.3) is 0 Å². The fourth-order valence-corrected chi connectivity index (χ4v) is 2.21. The zero-order valence-corrected chi connectivity index (χ0v) is 10.8. The molecule has 0 saturated heterocycles. The Morgan fingerprint density at radius 3 is 2.00 bits per heavy atom. The molecule has 0 atom stereocenters. The average Bonchev–Trinajstić information content (AvgIpc) is 2.35. The minimum absolute atomic E-state index is 0.717. The van der Waals surface area contributed by atoms with Crippen molar-refractivity contribution < 1.29 is 0 Å². The number of aryl methyl sites for hydroxylation is 2. The standard InChI is InChI=1S/C14H24N2/c1-4-12-8-7-9-13(5-2)14(12)16(6-3)11-10-15/h7-9H,4-6,10-11,15H2,1-3H3. The van der Waals surface area contributed by atoms with Gasteiger partial charge in [-0.15, -0.1) is 0 Å². The first-order valence-corrected chi connectivity index (χ1v) is 6.34. The van der Waals surface area contributed by atoms with Gasteiger partial charge in [-0.2, -0.15) is 0 Å². The van der Waals surface area contributed by atoms with Crippen LogP contribution in [-0.4, -0.2) is 19.6 Å². The maximum absolute atomic E-state index is 5.68. The molecule has 0 fully saturated rings. The van der Waals surface area contributed by atoms with Gasteiger partial charge in [0.05, 0.1) is 0 Å². The van der Waals surface area contributed by atoms with Crippen molar-refractivity contribution in [3.8, 4) is 0 Å². The van der Waals surface area contributed by atoms with Gasteiger partial charge in [0.2, 0.25) is 0 Å². The summed E-state index contributed by atoms with van der Waals surface area (Å²) in [5.41, 5.74) is 9.98. The van der Waals surface area contributed by atoms with Crippen LogP contribution in [0, 0.1) is 0 Å². The number of para-hydroxylation sites is 1. The number of nitrogens with zero attached hydrogens (tertiary/aromatic N) is 1. The number of nitrogens with two attached hydrogens (primary N) is 1. The molecule has 16 heavy (non-hydrogen) atoms. The normalized spacial score (nSPS) is 10.5. The molecule has 0 spiro atoms. The number of likely N-dealkylation sites (N-methyl/N-ethyl adjacent to an activating group) is 1. The van der Waals surface area contributed by atoms with Crippen LogP contribution in [0.5, 0.6) is 0 Å². The maximum atomic E-state index is 5.68. The van der Waals surface area contributed by atoms with Crippen LogP contribution in [0.3, 0.4) is 0 Å². The van der Waals surface area contributed by atoms with E-state index in [0.29, 0.717) is 0 Å². The van der Waals surface area contributed by atoms with Crippen molar-refractivity contribution in [2.45, 2.75) is 33.6 Å². The van der Waals surface area contributed by atoms with Crippen LogP contribution < -0.4 is 10.6 Å². The summed E-state index contributed by atoms with van der Waals surface area (Å²) in [6.07, 6.45) is 2.18. The maximum Gasteiger partial charge on any atom is 0.0431 e. The highest BCUT2D eigenvalue weighted by atomic mass is 15.1. The molecule has 0 heterocycles. The van der Waals surface area contributed by atoms with E-state index in [1.54, 1.807) is 0 Å². The van der Waals surface area contributed by atoms with Crippen LogP contribution >= 0.6 is 0 Å². The van der Waals surface area contributed by atoms with Gasteiger partial charge in [-0.05, 0) is 30.9 Å². The molecule has 0 aliphatic rings. The van der Waals surface area contributed by atoms with Crippen LogP contribution in [-0.2, 0) is 12.8 Å². The van der Waals surface area contributed by atoms with E-state index < -0.39 is 0 Å². The van der Waals surface area contributed by atoms with Gasteiger partial charge in [0.15, 0.2) is 0 Å². The molecule has 0 saturated carbocycles. The summed E-state index contributed by atoms with van der Waals surface area (Å²) in [7, 11) is 0. The van der Waals surface area contributed by atoms with Crippen molar-refractivity contribution in [3.05, 3.63) is 29.3 Å². The molecule has 1 rings (SSSR count). The molecule has 90 valence electrons. The highest BCUT2D eigenvalue weighted by Gasteiger charge is 2.11. The Balaban J connectivity index is 3.14. The monoisotopic (exact) mass is 220 g/mol. The van der Waals surface area contributed by atoms with Gasteiger partial charge in [0.1, 0.15) is 0 Å². The minimum atomic E-state index is 0.717. The fraction of sp³-hybridized carbons (Fsp3) is 0.571. The van der Waals surface area contributed by atoms with Crippen LogP contribution in [0.2, 0.25) is 0 Å². The predicted octanol–water partition coefficient (Wildman–Crippen LogP) is 2.60. The van der Waals surface area contributed by atoms with Crippen LogP contribution in [0.25, 0.3) is 0 Å². The number of rotatable bonds is 6. The van der Waals surface area contributed by atoms with E-state index in [1.165, 1.54) is 16.8 Å². The van der Waals surface area contributed by atoms with Gasteiger partial charge < -0.3 is 10.6 Å². The summed E-state index contributed by atoms with van der Waals surface area (Å²) in [6, 6.07) is 6.62. The summed E-state index contributed by atoms with van der Waals surface area (Å²) in [5, 5.41) is 0. The van der Waals surface area contributed by atoms with E-state index in [9.17, 15) is 0 Å². The third-order valence-electron chi connectivity index (χ3n) is 3.06. The second-order valence-electron chi connectivity index (χ2n) is 4.00. The lowest BCUT2D eigenvalue weighted by Crippen LogP contribution is -2.30. The molecule has 1 aromatic carbocycles. The van der Waals surface area contributed by atoms with Gasteiger partial charge in [-0.1, -0.05) is 32.0 Å². The van der Waals surface area contributed by atoms with Crippen LogP contribution in [0.4, 0.5) is 5.69 Å². The molecule has 0 amide bonds. The first kappa shape index (κ1) is 13.0. The van der Waals surface area contributed by atoms with E-state index >= 15 is 0 Å². The number of benzene rings is 1. The average molecular weight is 220 g/mol. The Bertz CT molecular complexity index is 298. The first-order chi connectivity index (χ1) is 7.78. The Morgan fingerprint density at radius 2 is 1.62 bits per heavy atom. The van der Waals surface area contributed by atoms with E-state index in [2.05, 4.69) is 43.9 Å².